The zero-order valence-electron chi connectivity index (χ0n) is 33.9. The molecular formula is C47H55N2O7S+. The van der Waals surface area contributed by atoms with Gasteiger partial charge in [-0.1, -0.05) is 74.6 Å². The molecule has 0 radical (unpaired) electrons. The van der Waals surface area contributed by atoms with Crippen LogP contribution in [0.4, 0.5) is 11.4 Å². The third kappa shape index (κ3) is 8.70. The van der Waals surface area contributed by atoms with E-state index in [1.165, 1.54) is 45.4 Å². The van der Waals surface area contributed by atoms with E-state index in [9.17, 15) is 17.8 Å². The molecule has 0 fully saturated rings. The van der Waals surface area contributed by atoms with Crippen LogP contribution in [0.2, 0.25) is 0 Å². The number of carboxylic acid groups (broad SMARTS) is 1. The summed E-state index contributed by atoms with van der Waals surface area (Å²) < 4.78 is 46.6. The van der Waals surface area contributed by atoms with Crippen molar-refractivity contribution in [3.8, 4) is 0 Å². The lowest BCUT2D eigenvalue weighted by Gasteiger charge is -2.27. The van der Waals surface area contributed by atoms with Crippen LogP contribution < -0.4 is 4.90 Å². The highest BCUT2D eigenvalue weighted by Gasteiger charge is 2.45. The van der Waals surface area contributed by atoms with Gasteiger partial charge in [0.05, 0.1) is 23.5 Å². The lowest BCUT2D eigenvalue weighted by molar-refractivity contribution is -0.438. The van der Waals surface area contributed by atoms with Gasteiger partial charge in [0.15, 0.2) is 5.71 Å². The van der Waals surface area contributed by atoms with Crippen molar-refractivity contribution < 1.29 is 36.9 Å². The van der Waals surface area contributed by atoms with Gasteiger partial charge in [0.2, 0.25) is 5.69 Å². The zero-order chi connectivity index (χ0) is 41.0. The molecule has 10 heteroatoms. The summed E-state index contributed by atoms with van der Waals surface area (Å²) in [5.74, 6) is -0.751. The van der Waals surface area contributed by atoms with E-state index in [-0.39, 0.29) is 16.7 Å². The Morgan fingerprint density at radius 1 is 0.789 bits per heavy atom. The monoisotopic (exact) mass is 791 g/mol. The van der Waals surface area contributed by atoms with Crippen LogP contribution >= 0.6 is 0 Å². The Labute approximate surface area is 337 Å². The van der Waals surface area contributed by atoms with Crippen LogP contribution in [-0.2, 0) is 41.6 Å². The smallest absolute Gasteiger partial charge is 0.303 e. The van der Waals surface area contributed by atoms with Crippen LogP contribution in [0.15, 0.2) is 114 Å². The molecule has 0 aliphatic carbocycles. The maximum Gasteiger partial charge on any atom is 0.303 e. The number of fused-ring (bicyclic) bond motifs is 6. The van der Waals surface area contributed by atoms with E-state index in [1.54, 1.807) is 20.3 Å². The average molecular weight is 792 g/mol. The molecule has 2 N–H and O–H groups in total. The number of carbonyl (C=O) groups is 1. The Kier molecular flexibility index (Phi) is 12.7. The van der Waals surface area contributed by atoms with Gasteiger partial charge in [0.25, 0.3) is 10.1 Å². The van der Waals surface area contributed by atoms with Crippen molar-refractivity contribution in [3.63, 3.8) is 0 Å². The number of nitrogens with zero attached hydrogens (tertiary/aromatic N) is 2. The van der Waals surface area contributed by atoms with Crippen molar-refractivity contribution in [1.82, 2.24) is 0 Å². The van der Waals surface area contributed by atoms with Crippen LogP contribution in [0.1, 0.15) is 70.1 Å². The number of methoxy groups -OCH3 is 2. The predicted molar refractivity (Wildman–Crippen MR) is 230 cm³/mol. The van der Waals surface area contributed by atoms with E-state index in [0.717, 1.165) is 53.5 Å². The van der Waals surface area contributed by atoms with Crippen LogP contribution in [-0.4, -0.2) is 74.9 Å². The van der Waals surface area contributed by atoms with Gasteiger partial charge in [0, 0.05) is 68.1 Å². The van der Waals surface area contributed by atoms with Gasteiger partial charge in [-0.3, -0.25) is 9.35 Å². The minimum atomic E-state index is -4.32. The number of hydrogen-bond acceptors (Lipinski definition) is 6. The van der Waals surface area contributed by atoms with Crippen molar-refractivity contribution in [2.75, 3.05) is 45.4 Å². The molecule has 0 unspecified atom stereocenters. The number of aliphatic carboxylic acids is 1. The first-order chi connectivity index (χ1) is 27.2. The highest BCUT2D eigenvalue weighted by Crippen LogP contribution is 2.51. The summed E-state index contributed by atoms with van der Waals surface area (Å²) in [6, 6.07) is 19.9. The summed E-state index contributed by atoms with van der Waals surface area (Å²) in [6.07, 6.45) is 18.0. The van der Waals surface area contributed by atoms with Crippen molar-refractivity contribution in [2.45, 2.75) is 75.5 Å². The molecule has 0 amide bonds. The Hall–Kier alpha value is -4.87. The van der Waals surface area contributed by atoms with Gasteiger partial charge in [-0.05, 0) is 96.1 Å². The molecule has 0 spiro atoms. The second-order valence-corrected chi connectivity index (χ2v) is 17.3. The Bertz CT molecular complexity index is 2440. The first-order valence-corrected chi connectivity index (χ1v) is 21.1. The molecule has 2 aliphatic rings. The second kappa shape index (κ2) is 17.3. The molecule has 0 saturated heterocycles. The Morgan fingerprint density at radius 3 is 2.21 bits per heavy atom. The highest BCUT2D eigenvalue weighted by molar-refractivity contribution is 7.85. The molecule has 0 atom stereocenters. The normalized spacial score (nSPS) is 17.0. The third-order valence-electron chi connectivity index (χ3n) is 11.4. The lowest BCUT2D eigenvalue weighted by Crippen LogP contribution is -2.28. The van der Waals surface area contributed by atoms with Crippen LogP contribution in [0.5, 0.6) is 0 Å². The van der Waals surface area contributed by atoms with Gasteiger partial charge in [0.1, 0.15) is 6.54 Å². The molecule has 300 valence electrons. The molecular weight excluding hydrogens is 737 g/mol. The minimum Gasteiger partial charge on any atom is -0.481 e. The number of anilines is 1. The van der Waals surface area contributed by atoms with Crippen LogP contribution in [0, 0.1) is 0 Å². The number of allylic oxidation sites excluding steroid dienone is 8. The molecule has 0 bridgehead atoms. The molecule has 0 saturated carbocycles. The van der Waals surface area contributed by atoms with Gasteiger partial charge < -0.3 is 19.5 Å². The van der Waals surface area contributed by atoms with Crippen LogP contribution in [0.3, 0.4) is 0 Å². The molecule has 4 aromatic rings. The standard InChI is InChI=1S/C47H54N2O7S/c1-46(2)41(48(27-14-10-13-17-43(50)51)39-24-19-34-31-33(26-29-55-5)18-22-37(34)44(39)46)15-11-8-7-9-12-16-42-47(3,4)45-38-23-21-36(57(52,53)54)32-35(38)20-25-40(45)49(42)28-30-56-6/h7-9,11-12,15-16,18-25,31-32H,10,13-14,17,26-30H2,1-6H3,(H-,50,51,52,53,54)/p+1. The number of carboxylic acids is 1. The van der Waals surface area contributed by atoms with Crippen LogP contribution in [0.25, 0.3) is 21.5 Å². The maximum absolute atomic E-state index is 11.9. The quantitative estimate of drug-likeness (QED) is 0.0471. The van der Waals surface area contributed by atoms with Gasteiger partial charge in [-0.15, -0.1) is 0 Å². The SMILES string of the molecule is COCCc1ccc2c3c(ccc2c1)[N+](CCCCCC(=O)O)=C(C=CC=CC=CC=C1N(CCOC)c2ccc4cc(S(=O)(=O)O)ccc4c2C1(C)C)C3(C)C. The lowest BCUT2D eigenvalue weighted by atomic mass is 9.79. The summed E-state index contributed by atoms with van der Waals surface area (Å²) in [7, 11) is -0.902. The van der Waals surface area contributed by atoms with Crippen molar-refractivity contribution in [1.29, 1.82) is 0 Å². The number of ether oxygens (including phenoxy) is 2. The highest BCUT2D eigenvalue weighted by atomic mass is 32.2. The van der Waals surface area contributed by atoms with E-state index < -0.39 is 21.5 Å². The van der Waals surface area contributed by atoms with Crippen molar-refractivity contribution in [3.05, 3.63) is 126 Å². The molecule has 9 nitrogen and oxygen atoms in total. The van der Waals surface area contributed by atoms with Gasteiger partial charge >= 0.3 is 5.97 Å². The number of benzene rings is 4. The van der Waals surface area contributed by atoms with E-state index in [2.05, 4.69) is 85.7 Å². The molecule has 6 rings (SSSR count). The molecule has 4 aromatic carbocycles. The Balaban J connectivity index is 1.27. The van der Waals surface area contributed by atoms with E-state index in [4.69, 9.17) is 14.6 Å². The van der Waals surface area contributed by atoms with E-state index in [0.29, 0.717) is 26.2 Å². The maximum atomic E-state index is 11.9. The zero-order valence-corrected chi connectivity index (χ0v) is 34.7. The number of unbranched alkanes of at least 4 members (excludes halogenated alkanes) is 2. The third-order valence-corrected chi connectivity index (χ3v) is 12.2. The number of rotatable bonds is 17. The van der Waals surface area contributed by atoms with Gasteiger partial charge in [-0.25, -0.2) is 0 Å². The topological polar surface area (TPSA) is 116 Å². The first-order valence-electron chi connectivity index (χ1n) is 19.7. The molecule has 57 heavy (non-hydrogen) atoms. The summed E-state index contributed by atoms with van der Waals surface area (Å²) in [5, 5.41) is 13.3. The van der Waals surface area contributed by atoms with E-state index >= 15 is 0 Å². The molecule has 0 aromatic heterocycles. The summed E-state index contributed by atoms with van der Waals surface area (Å²) in [5.41, 5.74) is 7.55. The second-order valence-electron chi connectivity index (χ2n) is 15.9. The summed E-state index contributed by atoms with van der Waals surface area (Å²) in [4.78, 5) is 13.3. The Morgan fingerprint density at radius 2 is 1.47 bits per heavy atom. The predicted octanol–water partition coefficient (Wildman–Crippen LogP) is 9.45. The fourth-order valence-electron chi connectivity index (χ4n) is 8.62. The fourth-order valence-corrected chi connectivity index (χ4v) is 9.14. The van der Waals surface area contributed by atoms with E-state index in [1.807, 2.05) is 36.4 Å². The largest absolute Gasteiger partial charge is 0.481 e. The van der Waals surface area contributed by atoms with Gasteiger partial charge in [-0.2, -0.15) is 13.0 Å². The van der Waals surface area contributed by atoms with Crippen molar-refractivity contribution in [2.24, 2.45) is 0 Å². The van der Waals surface area contributed by atoms with Crippen molar-refractivity contribution >= 4 is 54.7 Å². The fraction of sp³-hybridized carbons (Fsp3) is 0.362. The average Bonchev–Trinajstić information content (AvgIpc) is 3.52. The molecule has 2 aliphatic heterocycles. The minimum absolute atomic E-state index is 0.123. The molecule has 2 heterocycles. The number of hydrogen-bond donors (Lipinski definition) is 2. The first kappa shape index (κ1) is 41.8. The summed E-state index contributed by atoms with van der Waals surface area (Å²) in [6.45, 7) is 11.6. The summed E-state index contributed by atoms with van der Waals surface area (Å²) >= 11 is 0.